The van der Waals surface area contributed by atoms with E-state index in [1.165, 1.54) is 193 Å². The largest absolute Gasteiger partial charge is 0.462 e. The fraction of sp³-hybridized carbons (Fsp3) is 0.767. The van der Waals surface area contributed by atoms with Gasteiger partial charge in [-0.2, -0.15) is 0 Å². The van der Waals surface area contributed by atoms with E-state index in [1.807, 2.05) is 0 Å². The van der Waals surface area contributed by atoms with E-state index in [-0.39, 0.29) is 31.1 Å². The molecule has 0 spiro atoms. The first-order valence-corrected chi connectivity index (χ1v) is 34.1. The molecule has 0 rings (SSSR count). The minimum absolute atomic E-state index is 0.0865. The van der Waals surface area contributed by atoms with Crippen LogP contribution in [0.4, 0.5) is 0 Å². The van der Waals surface area contributed by atoms with E-state index in [0.717, 1.165) is 109 Å². The predicted molar refractivity (Wildman–Crippen MR) is 344 cm³/mol. The molecule has 1 atom stereocenters. The van der Waals surface area contributed by atoms with Gasteiger partial charge >= 0.3 is 17.9 Å². The van der Waals surface area contributed by atoms with E-state index in [2.05, 4.69) is 106 Å². The summed E-state index contributed by atoms with van der Waals surface area (Å²) in [5, 5.41) is 0. The van der Waals surface area contributed by atoms with Crippen LogP contribution in [0.1, 0.15) is 342 Å². The summed E-state index contributed by atoms with van der Waals surface area (Å²) < 4.78 is 16.9. The molecular formula is C73H128O6. The van der Waals surface area contributed by atoms with Crippen LogP contribution in [-0.2, 0) is 28.6 Å². The molecule has 0 amide bonds. The molecule has 0 aliphatic carbocycles. The van der Waals surface area contributed by atoms with Crippen molar-refractivity contribution < 1.29 is 28.6 Å². The number of carbonyl (C=O) groups excluding carboxylic acids is 3. The lowest BCUT2D eigenvalue weighted by atomic mass is 10.0. The SMILES string of the molecule is CC/C=C\C/C=C\C/C=C\C/C=C\CCCCCCC(=O)OC(COC(=O)CCCCCCC/C=C\CCCC)COC(=O)CCCCCCCCCCCCCCCCCCCCCCC/C=C\C/C=C\CCCCCCC. The van der Waals surface area contributed by atoms with Gasteiger partial charge in [-0.05, 0) is 109 Å². The van der Waals surface area contributed by atoms with Crippen molar-refractivity contribution in [1.29, 1.82) is 0 Å². The van der Waals surface area contributed by atoms with Gasteiger partial charge in [0.25, 0.3) is 0 Å². The van der Waals surface area contributed by atoms with Gasteiger partial charge in [-0.25, -0.2) is 0 Å². The lowest BCUT2D eigenvalue weighted by Crippen LogP contribution is -2.30. The number of esters is 3. The Balaban J connectivity index is 4.12. The van der Waals surface area contributed by atoms with Crippen LogP contribution < -0.4 is 0 Å². The van der Waals surface area contributed by atoms with Crippen LogP contribution in [0.5, 0.6) is 0 Å². The summed E-state index contributed by atoms with van der Waals surface area (Å²) in [5.41, 5.74) is 0. The van der Waals surface area contributed by atoms with Crippen molar-refractivity contribution in [2.75, 3.05) is 13.2 Å². The Hall–Kier alpha value is -3.41. The Labute approximate surface area is 490 Å². The standard InChI is InChI=1S/C73H128O6/c1-4-7-10-13-16-19-22-24-26-28-29-30-31-32-33-34-35-36-37-38-39-40-41-42-43-45-46-48-51-54-57-60-63-66-72(75)78-69-70(68-77-71(74)65-62-59-56-53-50-21-18-15-12-9-6-3)79-73(76)67-64-61-58-55-52-49-47-44-27-25-23-20-17-14-11-8-5-2/h8,11,15,17-18,20,22,24-25,27-29,47,49,70H,4-7,9-10,12-14,16,19,21,23,26,30-46,48,50-69H2,1-3H3/b11-8-,18-15-,20-17-,24-22-,27-25-,29-28-,49-47-. The molecule has 0 radical (unpaired) electrons. The molecule has 0 N–H and O–H groups in total. The Morgan fingerprint density at radius 3 is 0.823 bits per heavy atom. The maximum absolute atomic E-state index is 12.9. The molecule has 0 heterocycles. The second kappa shape index (κ2) is 67.1. The molecule has 456 valence electrons. The molecule has 0 aliphatic rings. The van der Waals surface area contributed by atoms with Crippen LogP contribution in [0.2, 0.25) is 0 Å². The van der Waals surface area contributed by atoms with Crippen molar-refractivity contribution in [2.24, 2.45) is 0 Å². The van der Waals surface area contributed by atoms with E-state index >= 15 is 0 Å². The topological polar surface area (TPSA) is 78.9 Å². The van der Waals surface area contributed by atoms with Crippen LogP contribution in [0.25, 0.3) is 0 Å². The Morgan fingerprint density at radius 1 is 0.266 bits per heavy atom. The highest BCUT2D eigenvalue weighted by molar-refractivity contribution is 5.71. The summed E-state index contributed by atoms with van der Waals surface area (Å²) in [5.74, 6) is -0.908. The number of hydrogen-bond acceptors (Lipinski definition) is 6. The van der Waals surface area contributed by atoms with Gasteiger partial charge in [-0.15, -0.1) is 0 Å². The zero-order chi connectivity index (χ0) is 57.1. The first kappa shape index (κ1) is 75.6. The summed E-state index contributed by atoms with van der Waals surface area (Å²) in [4.78, 5) is 38.2. The number of hydrogen-bond donors (Lipinski definition) is 0. The van der Waals surface area contributed by atoms with Crippen molar-refractivity contribution in [1.82, 2.24) is 0 Å². The van der Waals surface area contributed by atoms with Gasteiger partial charge in [0.05, 0.1) is 0 Å². The third-order valence-electron chi connectivity index (χ3n) is 14.9. The minimum atomic E-state index is -0.792. The predicted octanol–water partition coefficient (Wildman–Crippen LogP) is 23.4. The quantitative estimate of drug-likeness (QED) is 0.0261. The molecule has 6 nitrogen and oxygen atoms in total. The van der Waals surface area contributed by atoms with Crippen LogP contribution >= 0.6 is 0 Å². The second-order valence-corrected chi connectivity index (χ2v) is 22.7. The third kappa shape index (κ3) is 65.3. The van der Waals surface area contributed by atoms with Gasteiger partial charge < -0.3 is 14.2 Å². The average molecular weight is 1100 g/mol. The van der Waals surface area contributed by atoms with E-state index in [9.17, 15) is 14.4 Å². The lowest BCUT2D eigenvalue weighted by molar-refractivity contribution is -0.167. The summed E-state index contributed by atoms with van der Waals surface area (Å²) >= 11 is 0. The maximum atomic E-state index is 12.9. The van der Waals surface area contributed by atoms with Crippen LogP contribution in [-0.4, -0.2) is 37.2 Å². The summed E-state index contributed by atoms with van der Waals surface area (Å²) in [6.07, 6.45) is 89.1. The molecule has 0 aromatic carbocycles. The van der Waals surface area contributed by atoms with Crippen molar-refractivity contribution in [2.45, 2.75) is 348 Å². The fourth-order valence-corrected chi connectivity index (χ4v) is 9.74. The highest BCUT2D eigenvalue weighted by Gasteiger charge is 2.19. The molecule has 1 unspecified atom stereocenters. The maximum Gasteiger partial charge on any atom is 0.306 e. The normalized spacial score (nSPS) is 12.6. The van der Waals surface area contributed by atoms with Gasteiger partial charge in [0.2, 0.25) is 0 Å². The second-order valence-electron chi connectivity index (χ2n) is 22.7. The van der Waals surface area contributed by atoms with Crippen molar-refractivity contribution in [3.8, 4) is 0 Å². The molecule has 0 aromatic heterocycles. The molecular weight excluding hydrogens is 973 g/mol. The molecule has 0 bridgehead atoms. The number of unbranched alkanes of at least 4 members (excludes halogenated alkanes) is 37. The minimum Gasteiger partial charge on any atom is -0.462 e. The Morgan fingerprint density at radius 2 is 0.506 bits per heavy atom. The van der Waals surface area contributed by atoms with E-state index in [1.54, 1.807) is 0 Å². The summed E-state index contributed by atoms with van der Waals surface area (Å²) in [7, 11) is 0. The van der Waals surface area contributed by atoms with E-state index in [4.69, 9.17) is 14.2 Å². The van der Waals surface area contributed by atoms with E-state index < -0.39 is 6.10 Å². The molecule has 0 fully saturated rings. The van der Waals surface area contributed by atoms with Gasteiger partial charge in [0.1, 0.15) is 13.2 Å². The Bertz CT molecular complexity index is 1500. The van der Waals surface area contributed by atoms with Gasteiger partial charge in [0, 0.05) is 19.3 Å². The molecule has 0 aromatic rings. The highest BCUT2D eigenvalue weighted by atomic mass is 16.6. The summed E-state index contributed by atoms with van der Waals surface area (Å²) in [6, 6.07) is 0. The van der Waals surface area contributed by atoms with Crippen LogP contribution in [0, 0.1) is 0 Å². The number of allylic oxidation sites excluding steroid dienone is 14. The van der Waals surface area contributed by atoms with Crippen LogP contribution in [0.15, 0.2) is 85.1 Å². The highest BCUT2D eigenvalue weighted by Crippen LogP contribution is 2.17. The van der Waals surface area contributed by atoms with Crippen LogP contribution in [0.3, 0.4) is 0 Å². The van der Waals surface area contributed by atoms with Gasteiger partial charge in [0.15, 0.2) is 6.10 Å². The molecule has 0 saturated carbocycles. The molecule has 79 heavy (non-hydrogen) atoms. The Kier molecular flexibility index (Phi) is 64.2. The van der Waals surface area contributed by atoms with E-state index in [0.29, 0.717) is 19.3 Å². The fourth-order valence-electron chi connectivity index (χ4n) is 9.74. The zero-order valence-corrected chi connectivity index (χ0v) is 52.4. The van der Waals surface area contributed by atoms with Crippen molar-refractivity contribution in [3.05, 3.63) is 85.1 Å². The molecule has 0 saturated heterocycles. The number of ether oxygens (including phenoxy) is 3. The first-order chi connectivity index (χ1) is 39.0. The lowest BCUT2D eigenvalue weighted by Gasteiger charge is -2.18. The number of carbonyl (C=O) groups is 3. The monoisotopic (exact) mass is 1100 g/mol. The van der Waals surface area contributed by atoms with Crippen molar-refractivity contribution >= 4 is 17.9 Å². The zero-order valence-electron chi connectivity index (χ0n) is 52.4. The van der Waals surface area contributed by atoms with Crippen molar-refractivity contribution in [3.63, 3.8) is 0 Å². The summed E-state index contributed by atoms with van der Waals surface area (Å²) in [6.45, 7) is 6.48. The first-order valence-electron chi connectivity index (χ1n) is 34.1. The number of rotatable bonds is 62. The smallest absolute Gasteiger partial charge is 0.306 e. The average Bonchev–Trinajstić information content (AvgIpc) is 3.45. The van der Waals surface area contributed by atoms with Gasteiger partial charge in [-0.3, -0.25) is 14.4 Å². The molecule has 6 heteroatoms. The van der Waals surface area contributed by atoms with Gasteiger partial charge in [-0.1, -0.05) is 298 Å². The molecule has 0 aliphatic heterocycles. The third-order valence-corrected chi connectivity index (χ3v) is 14.9.